The number of fused-ring (bicyclic) bond motifs is 1. The molecule has 2 N–H and O–H groups in total. The van der Waals surface area contributed by atoms with Crippen LogP contribution in [0.5, 0.6) is 0 Å². The number of nitrogens with two attached hydrogens (primary N) is 1. The van der Waals surface area contributed by atoms with Gasteiger partial charge in [-0.1, -0.05) is 23.9 Å². The van der Waals surface area contributed by atoms with Crippen LogP contribution in [0.15, 0.2) is 50.2 Å². The Kier molecular flexibility index (Phi) is 3.31. The van der Waals surface area contributed by atoms with Crippen molar-refractivity contribution in [2.24, 2.45) is 0 Å². The second-order valence-corrected chi connectivity index (χ2v) is 5.41. The minimum atomic E-state index is 0.443. The van der Waals surface area contributed by atoms with E-state index in [2.05, 4.69) is 15.0 Å². The van der Waals surface area contributed by atoms with Crippen LogP contribution < -0.4 is 5.73 Å². The number of para-hydroxylation sites is 2. The summed E-state index contributed by atoms with van der Waals surface area (Å²) in [5.41, 5.74) is 7.33. The number of thioether (sulfide) groups is 1. The number of benzene rings is 1. The standard InChI is InChI=1S/C12H10N4OS2/c1-18-11-15-9(13)6-10(16-11)19-12-14-7-4-2-3-5-8(7)17-12/h2-6H,1H3,(H2,13,15,16). The summed E-state index contributed by atoms with van der Waals surface area (Å²) in [7, 11) is 0. The smallest absolute Gasteiger partial charge is 0.263 e. The third-order valence-electron chi connectivity index (χ3n) is 2.35. The molecule has 1 aromatic carbocycles. The van der Waals surface area contributed by atoms with E-state index in [1.165, 1.54) is 23.5 Å². The molecule has 0 saturated heterocycles. The summed E-state index contributed by atoms with van der Waals surface area (Å²) in [6.07, 6.45) is 1.91. The van der Waals surface area contributed by atoms with Crippen LogP contribution in [0.2, 0.25) is 0 Å². The van der Waals surface area contributed by atoms with Crippen molar-refractivity contribution in [1.29, 1.82) is 0 Å². The summed E-state index contributed by atoms with van der Waals surface area (Å²) in [5, 5.41) is 1.91. The van der Waals surface area contributed by atoms with Gasteiger partial charge in [0, 0.05) is 6.07 Å². The highest BCUT2D eigenvalue weighted by Gasteiger charge is 2.09. The van der Waals surface area contributed by atoms with E-state index in [-0.39, 0.29) is 0 Å². The largest absolute Gasteiger partial charge is 0.431 e. The van der Waals surface area contributed by atoms with E-state index < -0.39 is 0 Å². The van der Waals surface area contributed by atoms with Gasteiger partial charge in [-0.15, -0.1) is 0 Å². The molecule has 2 aromatic heterocycles. The van der Waals surface area contributed by atoms with Crippen LogP contribution in [0.25, 0.3) is 11.1 Å². The van der Waals surface area contributed by atoms with Gasteiger partial charge in [-0.05, 0) is 30.2 Å². The lowest BCUT2D eigenvalue weighted by Crippen LogP contribution is -1.95. The van der Waals surface area contributed by atoms with Gasteiger partial charge in [-0.25, -0.2) is 15.0 Å². The minimum absolute atomic E-state index is 0.443. The molecule has 96 valence electrons. The molecule has 0 radical (unpaired) electrons. The van der Waals surface area contributed by atoms with Gasteiger partial charge in [0.1, 0.15) is 16.4 Å². The Morgan fingerprint density at radius 2 is 2.00 bits per heavy atom. The first-order valence-corrected chi connectivity index (χ1v) is 7.51. The topological polar surface area (TPSA) is 77.8 Å². The predicted octanol–water partition coefficient (Wildman–Crippen LogP) is 3.07. The molecule has 19 heavy (non-hydrogen) atoms. The molecule has 0 amide bonds. The molecule has 0 aliphatic heterocycles. The molecule has 0 aliphatic rings. The fraction of sp³-hybridized carbons (Fsp3) is 0.0833. The molecule has 0 bridgehead atoms. The van der Waals surface area contributed by atoms with Crippen LogP contribution in [-0.2, 0) is 0 Å². The number of hydrogen-bond donors (Lipinski definition) is 1. The molecule has 5 nitrogen and oxygen atoms in total. The van der Waals surface area contributed by atoms with Crippen LogP contribution in [0.1, 0.15) is 0 Å². The molecule has 2 heterocycles. The van der Waals surface area contributed by atoms with Crippen LogP contribution in [0, 0.1) is 0 Å². The van der Waals surface area contributed by atoms with Crippen LogP contribution in [0.3, 0.4) is 0 Å². The first-order chi connectivity index (χ1) is 9.24. The normalized spacial score (nSPS) is 11.0. The summed E-state index contributed by atoms with van der Waals surface area (Å²) in [5.74, 6) is 0.443. The van der Waals surface area contributed by atoms with E-state index in [0.29, 0.717) is 16.2 Å². The zero-order valence-electron chi connectivity index (χ0n) is 10.0. The van der Waals surface area contributed by atoms with E-state index >= 15 is 0 Å². The van der Waals surface area contributed by atoms with E-state index in [9.17, 15) is 0 Å². The quantitative estimate of drug-likeness (QED) is 0.451. The number of aromatic nitrogens is 3. The second kappa shape index (κ2) is 5.10. The molecule has 0 atom stereocenters. The van der Waals surface area contributed by atoms with Gasteiger partial charge in [0.25, 0.3) is 5.22 Å². The molecule has 3 aromatic rings. The van der Waals surface area contributed by atoms with Crippen molar-refractivity contribution in [3.05, 3.63) is 30.3 Å². The van der Waals surface area contributed by atoms with Gasteiger partial charge in [0.2, 0.25) is 0 Å². The predicted molar refractivity (Wildman–Crippen MR) is 76.4 cm³/mol. The molecule has 0 fully saturated rings. The molecule has 0 saturated carbocycles. The molecule has 7 heteroatoms. The number of oxazole rings is 1. The Morgan fingerprint density at radius 1 is 1.16 bits per heavy atom. The highest BCUT2D eigenvalue weighted by Crippen LogP contribution is 2.30. The monoisotopic (exact) mass is 290 g/mol. The fourth-order valence-electron chi connectivity index (χ4n) is 1.55. The van der Waals surface area contributed by atoms with Gasteiger partial charge < -0.3 is 10.2 Å². The molecule has 0 spiro atoms. The van der Waals surface area contributed by atoms with Crippen molar-refractivity contribution < 1.29 is 4.42 Å². The fourth-order valence-corrected chi connectivity index (χ4v) is 2.76. The van der Waals surface area contributed by atoms with Crippen molar-refractivity contribution in [3.63, 3.8) is 0 Å². The Hall–Kier alpha value is -1.73. The van der Waals surface area contributed by atoms with Gasteiger partial charge in [0.15, 0.2) is 10.7 Å². The summed E-state index contributed by atoms with van der Waals surface area (Å²) in [4.78, 5) is 12.8. The maximum absolute atomic E-state index is 5.73. The Bertz CT molecular complexity index is 696. The number of rotatable bonds is 3. The summed E-state index contributed by atoms with van der Waals surface area (Å²) < 4.78 is 5.63. The maximum Gasteiger partial charge on any atom is 0.263 e. The number of nitrogen functional groups attached to an aromatic ring is 1. The zero-order valence-corrected chi connectivity index (χ0v) is 11.7. The Labute approximate surface area is 118 Å². The van der Waals surface area contributed by atoms with Crippen LogP contribution in [-0.4, -0.2) is 21.2 Å². The van der Waals surface area contributed by atoms with Gasteiger partial charge in [0.05, 0.1) is 0 Å². The molecular weight excluding hydrogens is 280 g/mol. The summed E-state index contributed by atoms with van der Waals surface area (Å²) in [6, 6.07) is 9.34. The van der Waals surface area contributed by atoms with Crippen molar-refractivity contribution in [2.45, 2.75) is 15.4 Å². The lowest BCUT2D eigenvalue weighted by atomic mass is 10.3. The van der Waals surface area contributed by atoms with Gasteiger partial charge in [-0.3, -0.25) is 0 Å². The average Bonchev–Trinajstić information content (AvgIpc) is 2.80. The number of nitrogens with zero attached hydrogens (tertiary/aromatic N) is 3. The summed E-state index contributed by atoms with van der Waals surface area (Å²) in [6.45, 7) is 0. The average molecular weight is 290 g/mol. The van der Waals surface area contributed by atoms with E-state index in [4.69, 9.17) is 10.2 Å². The zero-order chi connectivity index (χ0) is 13.2. The molecule has 0 unspecified atom stereocenters. The molecule has 0 aliphatic carbocycles. The van der Waals surface area contributed by atoms with Crippen molar-refractivity contribution in [1.82, 2.24) is 15.0 Å². The first kappa shape index (κ1) is 12.3. The third kappa shape index (κ3) is 2.66. The van der Waals surface area contributed by atoms with E-state index in [1.807, 2.05) is 30.5 Å². The summed E-state index contributed by atoms with van der Waals surface area (Å²) >= 11 is 2.78. The SMILES string of the molecule is CSc1nc(N)cc(Sc2nc3ccccc3o2)n1. The second-order valence-electron chi connectivity index (χ2n) is 3.67. The number of hydrogen-bond acceptors (Lipinski definition) is 7. The van der Waals surface area contributed by atoms with E-state index in [1.54, 1.807) is 6.07 Å². The van der Waals surface area contributed by atoms with Crippen molar-refractivity contribution in [2.75, 3.05) is 12.0 Å². The van der Waals surface area contributed by atoms with Crippen molar-refractivity contribution >= 4 is 40.4 Å². The lowest BCUT2D eigenvalue weighted by Gasteiger charge is -2.00. The van der Waals surface area contributed by atoms with Gasteiger partial charge >= 0.3 is 0 Å². The minimum Gasteiger partial charge on any atom is -0.431 e. The first-order valence-electron chi connectivity index (χ1n) is 5.46. The molecule has 3 rings (SSSR count). The lowest BCUT2D eigenvalue weighted by molar-refractivity contribution is 0.489. The maximum atomic E-state index is 5.73. The molecular formula is C12H10N4OS2. The highest BCUT2D eigenvalue weighted by atomic mass is 32.2. The van der Waals surface area contributed by atoms with Crippen LogP contribution >= 0.6 is 23.5 Å². The van der Waals surface area contributed by atoms with Crippen molar-refractivity contribution in [3.8, 4) is 0 Å². The highest BCUT2D eigenvalue weighted by molar-refractivity contribution is 7.99. The Morgan fingerprint density at radius 3 is 2.79 bits per heavy atom. The van der Waals surface area contributed by atoms with Crippen LogP contribution in [0.4, 0.5) is 5.82 Å². The van der Waals surface area contributed by atoms with E-state index in [0.717, 1.165) is 16.1 Å². The Balaban J connectivity index is 1.94. The number of anilines is 1. The van der Waals surface area contributed by atoms with Gasteiger partial charge in [-0.2, -0.15) is 0 Å². The third-order valence-corrected chi connectivity index (χ3v) is 3.67.